The molecule has 0 atom stereocenters. The average Bonchev–Trinajstić information content (AvgIpc) is 3.24. The Morgan fingerprint density at radius 3 is 1.33 bits per heavy atom. The molecule has 0 saturated heterocycles. The molecule has 0 heteroatoms. The average molecular weight is 681 g/mol. The van der Waals surface area contributed by atoms with E-state index in [4.69, 9.17) is 0 Å². The van der Waals surface area contributed by atoms with Gasteiger partial charge >= 0.3 is 0 Å². The minimum atomic E-state index is 1.21. The Hall–Kier alpha value is -7.02. The molecular formula is C54H32. The number of benzene rings is 12. The summed E-state index contributed by atoms with van der Waals surface area (Å²) in [5.41, 5.74) is 9.89. The topological polar surface area (TPSA) is 0 Å². The van der Waals surface area contributed by atoms with Crippen LogP contribution in [-0.2, 0) is 0 Å². The first-order chi connectivity index (χ1) is 26.8. The van der Waals surface area contributed by atoms with Crippen LogP contribution in [0.4, 0.5) is 0 Å². The maximum atomic E-state index is 2.42. The fourth-order valence-electron chi connectivity index (χ4n) is 9.48. The lowest BCUT2D eigenvalue weighted by Crippen LogP contribution is -1.93. The summed E-state index contributed by atoms with van der Waals surface area (Å²) in [5, 5.41) is 18.2. The van der Waals surface area contributed by atoms with Gasteiger partial charge in [0.15, 0.2) is 0 Å². The molecule has 0 fully saturated rings. The van der Waals surface area contributed by atoms with Gasteiger partial charge in [0.05, 0.1) is 0 Å². The summed E-state index contributed by atoms with van der Waals surface area (Å²) in [6.07, 6.45) is 0. The third-order valence-corrected chi connectivity index (χ3v) is 11.9. The molecule has 0 spiro atoms. The molecule has 0 aliphatic carbocycles. The van der Waals surface area contributed by atoms with Gasteiger partial charge in [-0.05, 0) is 132 Å². The van der Waals surface area contributed by atoms with Crippen molar-refractivity contribution in [1.29, 1.82) is 0 Å². The molecule has 0 unspecified atom stereocenters. The summed E-state index contributed by atoms with van der Waals surface area (Å²) in [7, 11) is 0. The molecule has 0 aliphatic heterocycles. The lowest BCUT2D eigenvalue weighted by Gasteiger charge is -2.20. The Bertz CT molecular complexity index is 3410. The van der Waals surface area contributed by atoms with Crippen molar-refractivity contribution in [2.24, 2.45) is 0 Å². The zero-order valence-electron chi connectivity index (χ0n) is 29.5. The zero-order chi connectivity index (χ0) is 35.3. The number of hydrogen-bond acceptors (Lipinski definition) is 0. The molecule has 0 bridgehead atoms. The van der Waals surface area contributed by atoms with Gasteiger partial charge in [0.1, 0.15) is 0 Å². The number of fused-ring (bicyclic) bond motifs is 1. The second-order valence-corrected chi connectivity index (χ2v) is 14.8. The molecular weight excluding hydrogens is 649 g/mol. The van der Waals surface area contributed by atoms with Gasteiger partial charge in [-0.2, -0.15) is 0 Å². The second-order valence-electron chi connectivity index (χ2n) is 14.8. The Morgan fingerprint density at radius 2 is 0.648 bits per heavy atom. The van der Waals surface area contributed by atoms with E-state index in [0.29, 0.717) is 0 Å². The van der Waals surface area contributed by atoms with Gasteiger partial charge in [-0.15, -0.1) is 0 Å². The summed E-state index contributed by atoms with van der Waals surface area (Å²) < 4.78 is 0. The SMILES string of the molecule is c1cc(-c2c(-c3ccc4ccccc4c3)cccc2-c2ccc3ccc4cccc5ccc2c3c45)cc(-c2ccc3ccc4cccc5ccc2c3c45)c1. The van der Waals surface area contributed by atoms with Crippen molar-refractivity contribution < 1.29 is 0 Å². The molecule has 0 heterocycles. The normalized spacial score (nSPS) is 12.1. The molecule has 0 radical (unpaired) electrons. The lowest BCUT2D eigenvalue weighted by molar-refractivity contribution is 1.57. The third-order valence-electron chi connectivity index (χ3n) is 11.9. The molecule has 12 aromatic rings. The fourth-order valence-corrected chi connectivity index (χ4v) is 9.48. The maximum absolute atomic E-state index is 2.42. The van der Waals surface area contributed by atoms with Gasteiger partial charge in [0.2, 0.25) is 0 Å². The minimum absolute atomic E-state index is 1.21. The van der Waals surface area contributed by atoms with Crippen LogP contribution in [-0.4, -0.2) is 0 Å². The van der Waals surface area contributed by atoms with Crippen LogP contribution >= 0.6 is 0 Å². The van der Waals surface area contributed by atoms with Gasteiger partial charge in [0.25, 0.3) is 0 Å². The van der Waals surface area contributed by atoms with Crippen molar-refractivity contribution in [2.75, 3.05) is 0 Å². The maximum Gasteiger partial charge on any atom is -0.00206 e. The van der Waals surface area contributed by atoms with Gasteiger partial charge < -0.3 is 0 Å². The van der Waals surface area contributed by atoms with Gasteiger partial charge in [0, 0.05) is 0 Å². The molecule has 12 rings (SSSR count). The van der Waals surface area contributed by atoms with Crippen molar-refractivity contribution in [2.45, 2.75) is 0 Å². The summed E-state index contributed by atoms with van der Waals surface area (Å²) >= 11 is 0. The summed E-state index contributed by atoms with van der Waals surface area (Å²) in [6.45, 7) is 0. The van der Waals surface area contributed by atoms with Crippen molar-refractivity contribution in [3.05, 3.63) is 194 Å². The largest absolute Gasteiger partial charge is 0.0616 e. The highest BCUT2D eigenvalue weighted by molar-refractivity contribution is 6.27. The fraction of sp³-hybridized carbons (Fsp3) is 0. The van der Waals surface area contributed by atoms with E-state index in [-0.39, 0.29) is 0 Å². The molecule has 0 N–H and O–H groups in total. The Labute approximate surface area is 312 Å². The van der Waals surface area contributed by atoms with E-state index >= 15 is 0 Å². The molecule has 0 amide bonds. The van der Waals surface area contributed by atoms with Crippen LogP contribution in [0.2, 0.25) is 0 Å². The first kappa shape index (κ1) is 29.5. The Balaban J connectivity index is 1.14. The highest BCUT2D eigenvalue weighted by atomic mass is 14.2. The smallest absolute Gasteiger partial charge is 0.00206 e. The summed E-state index contributed by atoms with van der Waals surface area (Å²) in [6, 6.07) is 72.6. The predicted molar refractivity (Wildman–Crippen MR) is 233 cm³/mol. The van der Waals surface area contributed by atoms with E-state index in [0.717, 1.165) is 0 Å². The van der Waals surface area contributed by atoms with Crippen LogP contribution in [0.1, 0.15) is 0 Å². The van der Waals surface area contributed by atoms with E-state index in [1.54, 1.807) is 0 Å². The van der Waals surface area contributed by atoms with Gasteiger partial charge in [-0.1, -0.05) is 182 Å². The Kier molecular flexibility index (Phi) is 6.15. The van der Waals surface area contributed by atoms with Crippen LogP contribution in [0.15, 0.2) is 194 Å². The number of hydrogen-bond donors (Lipinski definition) is 0. The predicted octanol–water partition coefficient (Wildman–Crippen LogP) is 15.3. The van der Waals surface area contributed by atoms with Gasteiger partial charge in [-0.3, -0.25) is 0 Å². The highest BCUT2D eigenvalue weighted by Gasteiger charge is 2.20. The molecule has 54 heavy (non-hydrogen) atoms. The minimum Gasteiger partial charge on any atom is -0.0616 e. The van der Waals surface area contributed by atoms with E-state index in [2.05, 4.69) is 194 Å². The van der Waals surface area contributed by atoms with Crippen molar-refractivity contribution in [3.63, 3.8) is 0 Å². The van der Waals surface area contributed by atoms with Crippen LogP contribution < -0.4 is 0 Å². The van der Waals surface area contributed by atoms with Crippen molar-refractivity contribution >= 4 is 75.4 Å². The van der Waals surface area contributed by atoms with E-state index in [9.17, 15) is 0 Å². The third kappa shape index (κ3) is 4.26. The quantitative estimate of drug-likeness (QED) is 0.162. The number of rotatable bonds is 4. The summed E-state index contributed by atoms with van der Waals surface area (Å²) in [5.74, 6) is 0. The Morgan fingerprint density at radius 1 is 0.204 bits per heavy atom. The van der Waals surface area contributed by atoms with Gasteiger partial charge in [-0.25, -0.2) is 0 Å². The van der Waals surface area contributed by atoms with Crippen LogP contribution in [0, 0.1) is 0 Å². The van der Waals surface area contributed by atoms with Crippen LogP contribution in [0.25, 0.3) is 120 Å². The highest BCUT2D eigenvalue weighted by Crippen LogP contribution is 2.47. The van der Waals surface area contributed by atoms with Crippen molar-refractivity contribution in [1.82, 2.24) is 0 Å². The monoisotopic (exact) mass is 680 g/mol. The summed E-state index contributed by atoms with van der Waals surface area (Å²) in [4.78, 5) is 0. The van der Waals surface area contributed by atoms with E-state index in [1.165, 1.54) is 120 Å². The molecule has 0 saturated carbocycles. The van der Waals surface area contributed by atoms with E-state index in [1.807, 2.05) is 0 Å². The first-order valence-corrected chi connectivity index (χ1v) is 18.8. The molecule has 12 aromatic carbocycles. The zero-order valence-corrected chi connectivity index (χ0v) is 29.5. The second kappa shape index (κ2) is 11.2. The standard InChI is InChI=1S/C54H32/c1-2-8-40-31-42(22-17-33(40)7-1)45-15-6-16-47(46-28-24-39-21-19-35-10-4-12-37-26-30-49(46)54(39)51(35)37)52(45)43-14-5-13-41(32-43)44-27-23-38-20-18-34-9-3-11-36-25-29-48(44)53(38)50(34)36/h1-32H. The first-order valence-electron chi connectivity index (χ1n) is 18.8. The molecule has 0 nitrogen and oxygen atoms in total. The molecule has 248 valence electrons. The lowest BCUT2D eigenvalue weighted by atomic mass is 9.83. The van der Waals surface area contributed by atoms with Crippen molar-refractivity contribution in [3.8, 4) is 44.5 Å². The molecule has 0 aliphatic rings. The van der Waals surface area contributed by atoms with Crippen LogP contribution in [0.3, 0.4) is 0 Å². The van der Waals surface area contributed by atoms with Crippen LogP contribution in [0.5, 0.6) is 0 Å². The molecule has 0 aromatic heterocycles. The van der Waals surface area contributed by atoms with E-state index < -0.39 is 0 Å².